The lowest BCUT2D eigenvalue weighted by Crippen LogP contribution is -2.05. The van der Waals surface area contributed by atoms with Crippen molar-refractivity contribution in [2.24, 2.45) is 5.92 Å². The van der Waals surface area contributed by atoms with Crippen LogP contribution in [0.25, 0.3) is 10.8 Å². The number of aliphatic hydroxyl groups is 1. The van der Waals surface area contributed by atoms with Gasteiger partial charge >= 0.3 is 0 Å². The van der Waals surface area contributed by atoms with Gasteiger partial charge in [0.2, 0.25) is 0 Å². The van der Waals surface area contributed by atoms with E-state index in [2.05, 4.69) is 49.4 Å². The van der Waals surface area contributed by atoms with Crippen LogP contribution < -0.4 is 0 Å². The van der Waals surface area contributed by atoms with Gasteiger partial charge in [-0.3, -0.25) is 0 Å². The maximum absolute atomic E-state index is 10.3. The van der Waals surface area contributed by atoms with E-state index in [0.717, 1.165) is 12.8 Å². The lowest BCUT2D eigenvalue weighted by Gasteiger charge is -2.17. The van der Waals surface area contributed by atoms with Crippen LogP contribution in [0.5, 0.6) is 11.5 Å². The van der Waals surface area contributed by atoms with Gasteiger partial charge in [0.1, 0.15) is 11.5 Å². The van der Waals surface area contributed by atoms with Crippen molar-refractivity contribution in [3.63, 3.8) is 0 Å². The third kappa shape index (κ3) is 4.31. The van der Waals surface area contributed by atoms with Crippen molar-refractivity contribution in [2.75, 3.05) is 0 Å². The molecular weight excluding hydrogens is 312 g/mol. The summed E-state index contributed by atoms with van der Waals surface area (Å²) < 4.78 is 0. The maximum Gasteiger partial charge on any atom is 0.119 e. The number of hydrogen-bond donors (Lipinski definition) is 3. The van der Waals surface area contributed by atoms with E-state index >= 15 is 0 Å². The number of aliphatic hydroxyl groups excluding tert-OH is 1. The minimum Gasteiger partial charge on any atom is -0.508 e. The predicted molar refractivity (Wildman–Crippen MR) is 101 cm³/mol. The maximum atomic E-state index is 10.3. The highest BCUT2D eigenvalue weighted by Gasteiger charge is 2.13. The fourth-order valence-electron chi connectivity index (χ4n) is 3.37. The van der Waals surface area contributed by atoms with Gasteiger partial charge in [0.15, 0.2) is 0 Å². The molecule has 3 aromatic carbocycles. The first-order valence-electron chi connectivity index (χ1n) is 8.70. The Morgan fingerprint density at radius 3 is 2.28 bits per heavy atom. The average Bonchev–Trinajstić information content (AvgIpc) is 2.59. The van der Waals surface area contributed by atoms with E-state index in [0.29, 0.717) is 17.9 Å². The molecule has 3 nitrogen and oxygen atoms in total. The van der Waals surface area contributed by atoms with E-state index in [1.165, 1.54) is 34.5 Å². The normalized spacial score (nSPS) is 13.7. The van der Waals surface area contributed by atoms with E-state index in [1.807, 2.05) is 0 Å². The van der Waals surface area contributed by atoms with Gasteiger partial charge < -0.3 is 15.3 Å². The van der Waals surface area contributed by atoms with Crippen molar-refractivity contribution in [1.82, 2.24) is 0 Å². The Labute approximate surface area is 148 Å². The van der Waals surface area contributed by atoms with Crippen LogP contribution in [-0.4, -0.2) is 15.3 Å². The van der Waals surface area contributed by atoms with E-state index < -0.39 is 6.10 Å². The molecule has 2 atom stereocenters. The molecule has 3 aromatic rings. The summed E-state index contributed by atoms with van der Waals surface area (Å²) in [6.45, 7) is 2.19. The first kappa shape index (κ1) is 17.3. The zero-order valence-corrected chi connectivity index (χ0v) is 14.4. The summed E-state index contributed by atoms with van der Waals surface area (Å²) in [5.41, 5.74) is 1.88. The highest BCUT2D eigenvalue weighted by Crippen LogP contribution is 2.29. The summed E-state index contributed by atoms with van der Waals surface area (Å²) in [6, 6.07) is 19.0. The molecule has 0 amide bonds. The Morgan fingerprint density at radius 1 is 0.840 bits per heavy atom. The molecule has 0 saturated carbocycles. The Bertz CT molecular complexity index is 831. The fourth-order valence-corrected chi connectivity index (χ4v) is 3.37. The molecule has 0 heterocycles. The molecule has 0 aromatic heterocycles. The molecule has 3 rings (SSSR count). The first-order valence-corrected chi connectivity index (χ1v) is 8.70. The molecule has 25 heavy (non-hydrogen) atoms. The summed E-state index contributed by atoms with van der Waals surface area (Å²) >= 11 is 0. The first-order chi connectivity index (χ1) is 12.0. The van der Waals surface area contributed by atoms with Gasteiger partial charge in [0, 0.05) is 6.07 Å². The lowest BCUT2D eigenvalue weighted by molar-refractivity contribution is 0.157. The topological polar surface area (TPSA) is 60.7 Å². The van der Waals surface area contributed by atoms with Crippen molar-refractivity contribution >= 4 is 10.8 Å². The van der Waals surface area contributed by atoms with Gasteiger partial charge in [-0.1, -0.05) is 49.4 Å². The third-order valence-electron chi connectivity index (χ3n) is 4.69. The summed E-state index contributed by atoms with van der Waals surface area (Å²) in [5.74, 6) is 0.363. The molecule has 0 fully saturated rings. The predicted octanol–water partition coefficient (Wildman–Crippen LogP) is 4.94. The second-order valence-corrected chi connectivity index (χ2v) is 6.82. The zero-order chi connectivity index (χ0) is 17.8. The minimum atomic E-state index is -0.687. The zero-order valence-electron chi connectivity index (χ0n) is 14.4. The van der Waals surface area contributed by atoms with Gasteiger partial charge in [0.05, 0.1) is 6.10 Å². The highest BCUT2D eigenvalue weighted by atomic mass is 16.3. The smallest absolute Gasteiger partial charge is 0.119 e. The van der Waals surface area contributed by atoms with E-state index in [1.54, 1.807) is 0 Å². The standard InChI is InChI=1S/C22H24O3/c1-15(9-10-22(25)18-12-19(23)14-20(24)13-18)11-17-7-4-6-16-5-2-3-8-21(16)17/h2-8,12-15,22-25H,9-11H2,1H3/t15-,22-/m1/s1. The highest BCUT2D eigenvalue weighted by molar-refractivity contribution is 5.85. The number of fused-ring (bicyclic) bond motifs is 1. The molecule has 0 unspecified atom stereocenters. The molecule has 0 spiro atoms. The van der Waals surface area contributed by atoms with E-state index in [4.69, 9.17) is 0 Å². The molecule has 0 aliphatic carbocycles. The molecule has 3 N–H and O–H groups in total. The summed E-state index contributed by atoms with van der Waals surface area (Å²) in [7, 11) is 0. The molecule has 0 aliphatic rings. The summed E-state index contributed by atoms with van der Waals surface area (Å²) in [5, 5.41) is 32.0. The van der Waals surface area contributed by atoms with Gasteiger partial charge in [-0.05, 0) is 59.2 Å². The van der Waals surface area contributed by atoms with Crippen LogP contribution in [0.15, 0.2) is 60.7 Å². The molecule has 0 radical (unpaired) electrons. The quantitative estimate of drug-likeness (QED) is 0.597. The van der Waals surface area contributed by atoms with Gasteiger partial charge in [-0.2, -0.15) is 0 Å². The SMILES string of the molecule is C[C@H](CC[C@@H](O)c1cc(O)cc(O)c1)Cc1cccc2ccccc12. The van der Waals surface area contributed by atoms with Crippen LogP contribution in [0.4, 0.5) is 0 Å². The second kappa shape index (κ2) is 7.58. The van der Waals surface area contributed by atoms with Crippen LogP contribution >= 0.6 is 0 Å². The van der Waals surface area contributed by atoms with Crippen LogP contribution in [0.1, 0.15) is 37.0 Å². The number of phenolic OH excluding ortho intramolecular Hbond substituents is 2. The summed E-state index contributed by atoms with van der Waals surface area (Å²) in [6.07, 6.45) is 1.72. The number of phenols is 2. The van der Waals surface area contributed by atoms with Crippen molar-refractivity contribution in [2.45, 2.75) is 32.3 Å². The Morgan fingerprint density at radius 2 is 1.52 bits per heavy atom. The molecule has 0 bridgehead atoms. The molecule has 130 valence electrons. The number of aromatic hydroxyl groups is 2. The van der Waals surface area contributed by atoms with Crippen molar-refractivity contribution in [3.8, 4) is 11.5 Å². The number of hydrogen-bond acceptors (Lipinski definition) is 3. The van der Waals surface area contributed by atoms with Crippen LogP contribution in [-0.2, 0) is 6.42 Å². The van der Waals surface area contributed by atoms with Crippen molar-refractivity contribution in [3.05, 3.63) is 71.8 Å². The Balaban J connectivity index is 1.63. The van der Waals surface area contributed by atoms with Gasteiger partial charge in [-0.25, -0.2) is 0 Å². The van der Waals surface area contributed by atoms with Gasteiger partial charge in [-0.15, -0.1) is 0 Å². The van der Waals surface area contributed by atoms with E-state index in [-0.39, 0.29) is 11.5 Å². The van der Waals surface area contributed by atoms with Crippen molar-refractivity contribution < 1.29 is 15.3 Å². The fraction of sp³-hybridized carbons (Fsp3) is 0.273. The number of rotatable bonds is 6. The van der Waals surface area contributed by atoms with Crippen LogP contribution in [0.3, 0.4) is 0 Å². The third-order valence-corrected chi connectivity index (χ3v) is 4.69. The van der Waals surface area contributed by atoms with Crippen LogP contribution in [0.2, 0.25) is 0 Å². The Hall–Kier alpha value is -2.52. The Kier molecular flexibility index (Phi) is 5.25. The largest absolute Gasteiger partial charge is 0.508 e. The minimum absolute atomic E-state index is 0.0298. The second-order valence-electron chi connectivity index (χ2n) is 6.82. The summed E-state index contributed by atoms with van der Waals surface area (Å²) in [4.78, 5) is 0. The average molecular weight is 336 g/mol. The monoisotopic (exact) mass is 336 g/mol. The van der Waals surface area contributed by atoms with E-state index in [9.17, 15) is 15.3 Å². The molecule has 0 saturated heterocycles. The molecule has 0 aliphatic heterocycles. The van der Waals surface area contributed by atoms with Crippen molar-refractivity contribution in [1.29, 1.82) is 0 Å². The lowest BCUT2D eigenvalue weighted by atomic mass is 9.91. The van der Waals surface area contributed by atoms with Crippen LogP contribution in [0, 0.1) is 5.92 Å². The molecular formula is C22H24O3. The molecule has 3 heteroatoms. The van der Waals surface area contributed by atoms with Gasteiger partial charge in [0.25, 0.3) is 0 Å². The number of benzene rings is 3.